The molecule has 3 aromatic rings. The van der Waals surface area contributed by atoms with Crippen molar-refractivity contribution in [1.29, 1.82) is 0 Å². The van der Waals surface area contributed by atoms with Crippen LogP contribution in [0.15, 0.2) is 24.7 Å². The third-order valence-electron chi connectivity index (χ3n) is 5.07. The Hall–Kier alpha value is -3.04. The number of hydrogen-bond acceptors (Lipinski definition) is 7. The zero-order valence-corrected chi connectivity index (χ0v) is 16.0. The Balaban J connectivity index is 1.46. The molecule has 1 fully saturated rings. The topological polar surface area (TPSA) is 86.8 Å². The maximum Gasteiger partial charge on any atom is 0.255 e. The number of nitrogens with zero attached hydrogens (tertiary/aromatic N) is 8. The molecule has 9 nitrogen and oxygen atoms in total. The molecule has 4 heterocycles. The summed E-state index contributed by atoms with van der Waals surface area (Å²) in [7, 11) is 1.40. The number of aromatic nitrogens is 7. The highest BCUT2D eigenvalue weighted by Gasteiger charge is 2.27. The van der Waals surface area contributed by atoms with Crippen molar-refractivity contribution in [2.45, 2.75) is 38.8 Å². The monoisotopic (exact) mass is 386 g/mol. The molecule has 0 spiro atoms. The highest BCUT2D eigenvalue weighted by atomic mass is 19.1. The van der Waals surface area contributed by atoms with E-state index in [2.05, 4.69) is 41.7 Å². The molecule has 0 radical (unpaired) electrons. The average Bonchev–Trinajstić information content (AvgIpc) is 3.38. The third-order valence-corrected chi connectivity index (χ3v) is 5.07. The summed E-state index contributed by atoms with van der Waals surface area (Å²) >= 11 is 0. The lowest BCUT2D eigenvalue weighted by molar-refractivity contribution is 0.365. The van der Waals surface area contributed by atoms with Gasteiger partial charge in [0.05, 0.1) is 13.3 Å². The quantitative estimate of drug-likeness (QED) is 0.639. The highest BCUT2D eigenvalue weighted by molar-refractivity contribution is 5.33. The fourth-order valence-electron chi connectivity index (χ4n) is 3.63. The van der Waals surface area contributed by atoms with Gasteiger partial charge in [0.2, 0.25) is 11.8 Å². The van der Waals surface area contributed by atoms with Gasteiger partial charge >= 0.3 is 0 Å². The second kappa shape index (κ2) is 7.91. The summed E-state index contributed by atoms with van der Waals surface area (Å²) in [5.74, 6) is 2.16. The number of halogens is 1. The Morgan fingerprint density at radius 1 is 1.25 bits per heavy atom. The van der Waals surface area contributed by atoms with Crippen LogP contribution in [0.1, 0.15) is 37.3 Å². The maximum atomic E-state index is 13.5. The standard InChI is InChI=1S/C18H23FN8O/c1-3-27-15(12-26-8-4-7-21-26)23-24-16(27)13-5-9-25(10-6-13)18-20-11-14(19)17(22-18)28-2/h4,7-8,11,13H,3,5-6,9-10,12H2,1-2H3. The second-order valence-electron chi connectivity index (χ2n) is 6.71. The normalized spacial score (nSPS) is 15.2. The minimum Gasteiger partial charge on any atom is -0.479 e. The lowest BCUT2D eigenvalue weighted by Gasteiger charge is -2.31. The van der Waals surface area contributed by atoms with E-state index in [1.165, 1.54) is 7.11 Å². The van der Waals surface area contributed by atoms with E-state index in [0.717, 1.165) is 50.3 Å². The van der Waals surface area contributed by atoms with Crippen molar-refractivity contribution in [3.63, 3.8) is 0 Å². The molecular formula is C18H23FN8O. The molecule has 0 aromatic carbocycles. The highest BCUT2D eigenvalue weighted by Crippen LogP contribution is 2.29. The first-order valence-corrected chi connectivity index (χ1v) is 9.40. The van der Waals surface area contributed by atoms with Crippen molar-refractivity contribution < 1.29 is 9.13 Å². The van der Waals surface area contributed by atoms with Gasteiger partial charge < -0.3 is 14.2 Å². The van der Waals surface area contributed by atoms with Crippen LogP contribution in [0.4, 0.5) is 10.3 Å². The van der Waals surface area contributed by atoms with Gasteiger partial charge in [0, 0.05) is 37.9 Å². The molecule has 0 saturated carbocycles. The molecule has 1 aliphatic rings. The van der Waals surface area contributed by atoms with Gasteiger partial charge in [0.1, 0.15) is 12.4 Å². The predicted molar refractivity (Wildman–Crippen MR) is 99.8 cm³/mol. The van der Waals surface area contributed by atoms with Crippen molar-refractivity contribution in [3.05, 3.63) is 42.1 Å². The minimum atomic E-state index is -0.554. The fourth-order valence-corrected chi connectivity index (χ4v) is 3.63. The summed E-state index contributed by atoms with van der Waals surface area (Å²) < 4.78 is 22.5. The van der Waals surface area contributed by atoms with Crippen molar-refractivity contribution in [3.8, 4) is 5.88 Å². The van der Waals surface area contributed by atoms with Crippen LogP contribution in [0.3, 0.4) is 0 Å². The summed E-state index contributed by atoms with van der Waals surface area (Å²) in [5.41, 5.74) is 0. The number of ether oxygens (including phenoxy) is 1. The van der Waals surface area contributed by atoms with E-state index < -0.39 is 5.82 Å². The lowest BCUT2D eigenvalue weighted by atomic mass is 9.96. The van der Waals surface area contributed by atoms with E-state index in [1.807, 2.05) is 16.9 Å². The van der Waals surface area contributed by atoms with Gasteiger partial charge in [-0.2, -0.15) is 14.5 Å². The van der Waals surface area contributed by atoms with Crippen LogP contribution in [-0.4, -0.2) is 54.7 Å². The van der Waals surface area contributed by atoms with Crippen LogP contribution in [0.2, 0.25) is 0 Å². The smallest absolute Gasteiger partial charge is 0.255 e. The van der Waals surface area contributed by atoms with Gasteiger partial charge in [-0.25, -0.2) is 4.98 Å². The zero-order valence-electron chi connectivity index (χ0n) is 16.0. The SMILES string of the molecule is CCn1c(Cn2cccn2)nnc1C1CCN(c2ncc(F)c(OC)n2)CC1. The van der Waals surface area contributed by atoms with E-state index in [0.29, 0.717) is 18.4 Å². The van der Waals surface area contributed by atoms with Crippen molar-refractivity contribution in [2.75, 3.05) is 25.1 Å². The first kappa shape index (κ1) is 18.3. The van der Waals surface area contributed by atoms with Gasteiger partial charge in [0.25, 0.3) is 5.88 Å². The number of methoxy groups -OCH3 is 1. The number of anilines is 1. The molecule has 0 amide bonds. The zero-order chi connectivity index (χ0) is 19.5. The summed E-state index contributed by atoms with van der Waals surface area (Å²) in [6, 6.07) is 1.90. The van der Waals surface area contributed by atoms with Gasteiger partial charge in [-0.15, -0.1) is 10.2 Å². The average molecular weight is 386 g/mol. The minimum absolute atomic E-state index is 0.0267. The summed E-state index contributed by atoms with van der Waals surface area (Å²) in [4.78, 5) is 10.3. The van der Waals surface area contributed by atoms with Crippen LogP contribution >= 0.6 is 0 Å². The molecule has 0 aliphatic carbocycles. The molecule has 0 unspecified atom stereocenters. The largest absolute Gasteiger partial charge is 0.479 e. The first-order valence-electron chi connectivity index (χ1n) is 9.40. The van der Waals surface area contributed by atoms with E-state index in [-0.39, 0.29) is 5.88 Å². The molecule has 3 aromatic heterocycles. The van der Waals surface area contributed by atoms with E-state index >= 15 is 0 Å². The van der Waals surface area contributed by atoms with Crippen LogP contribution < -0.4 is 9.64 Å². The Kier molecular flexibility index (Phi) is 5.18. The summed E-state index contributed by atoms with van der Waals surface area (Å²) in [5, 5.41) is 13.1. The molecule has 1 aliphatic heterocycles. The second-order valence-corrected chi connectivity index (χ2v) is 6.71. The number of rotatable bonds is 6. The summed E-state index contributed by atoms with van der Waals surface area (Å²) in [6.45, 7) is 5.07. The molecule has 0 bridgehead atoms. The maximum absolute atomic E-state index is 13.5. The molecular weight excluding hydrogens is 363 g/mol. The molecule has 1 saturated heterocycles. The summed E-state index contributed by atoms with van der Waals surface area (Å²) in [6.07, 6.45) is 6.65. The van der Waals surface area contributed by atoms with Gasteiger partial charge in [-0.3, -0.25) is 4.68 Å². The molecule has 4 rings (SSSR count). The molecule has 0 atom stereocenters. The van der Waals surface area contributed by atoms with Gasteiger partial charge in [-0.05, 0) is 25.8 Å². The van der Waals surface area contributed by atoms with E-state index in [9.17, 15) is 4.39 Å². The fraction of sp³-hybridized carbons (Fsp3) is 0.500. The lowest BCUT2D eigenvalue weighted by Crippen LogP contribution is -2.35. The van der Waals surface area contributed by atoms with Crippen LogP contribution in [-0.2, 0) is 13.1 Å². The Morgan fingerprint density at radius 2 is 2.07 bits per heavy atom. The Morgan fingerprint density at radius 3 is 2.75 bits per heavy atom. The van der Waals surface area contributed by atoms with Crippen LogP contribution in [0, 0.1) is 5.82 Å². The van der Waals surface area contributed by atoms with Crippen LogP contribution in [0.25, 0.3) is 0 Å². The van der Waals surface area contributed by atoms with E-state index in [4.69, 9.17) is 4.74 Å². The Labute approximate surface area is 162 Å². The third kappa shape index (κ3) is 3.54. The van der Waals surface area contributed by atoms with E-state index in [1.54, 1.807) is 6.20 Å². The van der Waals surface area contributed by atoms with Crippen molar-refractivity contribution in [1.82, 2.24) is 34.5 Å². The Bertz CT molecular complexity index is 918. The molecule has 10 heteroatoms. The number of hydrogen-bond donors (Lipinski definition) is 0. The first-order chi connectivity index (χ1) is 13.7. The van der Waals surface area contributed by atoms with Gasteiger partial charge in [0.15, 0.2) is 5.82 Å². The van der Waals surface area contributed by atoms with Crippen LogP contribution in [0.5, 0.6) is 5.88 Å². The molecule has 0 N–H and O–H groups in total. The van der Waals surface area contributed by atoms with Gasteiger partial charge in [-0.1, -0.05) is 0 Å². The predicted octanol–water partition coefficient (Wildman–Crippen LogP) is 1.86. The van der Waals surface area contributed by atoms with Crippen molar-refractivity contribution in [2.24, 2.45) is 0 Å². The molecule has 28 heavy (non-hydrogen) atoms. The number of piperidine rings is 1. The van der Waals surface area contributed by atoms with Crippen molar-refractivity contribution >= 4 is 5.95 Å². The molecule has 148 valence electrons.